The first-order valence-electron chi connectivity index (χ1n) is 6.74. The van der Waals surface area contributed by atoms with Crippen LogP contribution < -0.4 is 10.1 Å². The number of ether oxygens (including phenoxy) is 1. The predicted octanol–water partition coefficient (Wildman–Crippen LogP) is 3.14. The van der Waals surface area contributed by atoms with Gasteiger partial charge in [-0.2, -0.15) is 0 Å². The summed E-state index contributed by atoms with van der Waals surface area (Å²) in [5.41, 5.74) is 0.298. The van der Waals surface area contributed by atoms with Crippen LogP contribution in [-0.4, -0.2) is 30.9 Å². The lowest BCUT2D eigenvalue weighted by atomic mass is 9.92. The Labute approximate surface area is 124 Å². The van der Waals surface area contributed by atoms with Crippen molar-refractivity contribution in [2.24, 2.45) is 0 Å². The smallest absolute Gasteiger partial charge is 0.122 e. The lowest BCUT2D eigenvalue weighted by Gasteiger charge is -2.24. The molecular formula is C15H24BrNO2. The number of hydrogen-bond donors (Lipinski definition) is 2. The molecule has 1 aromatic carbocycles. The zero-order valence-electron chi connectivity index (χ0n) is 12.0. The fourth-order valence-electron chi connectivity index (χ4n) is 2.04. The molecule has 0 aromatic heterocycles. The summed E-state index contributed by atoms with van der Waals surface area (Å²) in [6.45, 7) is 5.84. The minimum absolute atomic E-state index is 0.587. The van der Waals surface area contributed by atoms with Crippen molar-refractivity contribution in [2.45, 2.75) is 38.7 Å². The van der Waals surface area contributed by atoms with Crippen molar-refractivity contribution in [1.29, 1.82) is 0 Å². The van der Waals surface area contributed by atoms with E-state index in [1.807, 2.05) is 25.1 Å². The minimum Gasteiger partial charge on any atom is -0.496 e. The molecule has 0 saturated heterocycles. The first-order valence-corrected chi connectivity index (χ1v) is 7.53. The summed E-state index contributed by atoms with van der Waals surface area (Å²) in [5, 5.41) is 13.8. The highest BCUT2D eigenvalue weighted by Gasteiger charge is 2.22. The van der Waals surface area contributed by atoms with Gasteiger partial charge in [0.25, 0.3) is 0 Å². The van der Waals surface area contributed by atoms with Gasteiger partial charge >= 0.3 is 0 Å². The zero-order valence-corrected chi connectivity index (χ0v) is 13.6. The Morgan fingerprint density at radius 1 is 1.37 bits per heavy atom. The SMILES string of the molecule is CCCNCCC(C)(O)Cc1cc(Br)ccc1OC. The first-order chi connectivity index (χ1) is 8.98. The molecule has 1 atom stereocenters. The van der Waals surface area contributed by atoms with Gasteiger partial charge in [0.1, 0.15) is 5.75 Å². The van der Waals surface area contributed by atoms with Crippen LogP contribution in [0.15, 0.2) is 22.7 Å². The van der Waals surface area contributed by atoms with Gasteiger partial charge in [-0.15, -0.1) is 0 Å². The van der Waals surface area contributed by atoms with Crippen LogP contribution >= 0.6 is 15.9 Å². The summed E-state index contributed by atoms with van der Waals surface area (Å²) in [5.74, 6) is 0.824. The molecule has 0 heterocycles. The maximum atomic E-state index is 10.5. The molecule has 0 aliphatic rings. The third-order valence-corrected chi connectivity index (χ3v) is 3.57. The molecule has 0 fully saturated rings. The Kier molecular flexibility index (Phi) is 6.83. The Morgan fingerprint density at radius 2 is 2.11 bits per heavy atom. The average molecular weight is 330 g/mol. The van der Waals surface area contributed by atoms with Gasteiger partial charge in [-0.25, -0.2) is 0 Å². The number of hydrogen-bond acceptors (Lipinski definition) is 3. The van der Waals surface area contributed by atoms with Crippen molar-refractivity contribution < 1.29 is 9.84 Å². The van der Waals surface area contributed by atoms with Crippen LogP contribution in [0.5, 0.6) is 5.75 Å². The number of rotatable bonds is 8. The molecule has 19 heavy (non-hydrogen) atoms. The third kappa shape index (κ3) is 5.93. The lowest BCUT2D eigenvalue weighted by molar-refractivity contribution is 0.0510. The normalized spacial score (nSPS) is 14.2. The van der Waals surface area contributed by atoms with Gasteiger partial charge in [0.15, 0.2) is 0 Å². The van der Waals surface area contributed by atoms with Crippen LogP contribution in [0, 0.1) is 0 Å². The van der Waals surface area contributed by atoms with E-state index in [2.05, 4.69) is 28.2 Å². The van der Waals surface area contributed by atoms with Crippen LogP contribution in [0.4, 0.5) is 0 Å². The van der Waals surface area contributed by atoms with Gasteiger partial charge in [-0.05, 0) is 56.6 Å². The highest BCUT2D eigenvalue weighted by atomic mass is 79.9. The largest absolute Gasteiger partial charge is 0.496 e. The molecule has 2 N–H and O–H groups in total. The van der Waals surface area contributed by atoms with E-state index in [1.54, 1.807) is 7.11 Å². The molecule has 0 saturated carbocycles. The molecule has 0 spiro atoms. The highest BCUT2D eigenvalue weighted by molar-refractivity contribution is 9.10. The van der Waals surface area contributed by atoms with Crippen molar-refractivity contribution in [3.63, 3.8) is 0 Å². The maximum Gasteiger partial charge on any atom is 0.122 e. The maximum absolute atomic E-state index is 10.5. The van der Waals surface area contributed by atoms with Crippen molar-refractivity contribution in [2.75, 3.05) is 20.2 Å². The number of methoxy groups -OCH3 is 1. The summed E-state index contributed by atoms with van der Waals surface area (Å²) in [7, 11) is 1.66. The van der Waals surface area contributed by atoms with Gasteiger partial charge in [0, 0.05) is 10.9 Å². The number of halogens is 1. The highest BCUT2D eigenvalue weighted by Crippen LogP contribution is 2.27. The second kappa shape index (κ2) is 7.88. The van der Waals surface area contributed by atoms with E-state index in [1.165, 1.54) is 0 Å². The topological polar surface area (TPSA) is 41.5 Å². The summed E-state index contributed by atoms with van der Waals surface area (Å²) in [6.07, 6.45) is 2.42. The second-order valence-corrected chi connectivity index (χ2v) is 6.05. The Bertz CT molecular complexity index is 394. The molecular weight excluding hydrogens is 306 g/mol. The predicted molar refractivity (Wildman–Crippen MR) is 82.8 cm³/mol. The zero-order chi connectivity index (χ0) is 14.3. The van der Waals surface area contributed by atoms with Gasteiger partial charge in [-0.3, -0.25) is 0 Å². The molecule has 3 nitrogen and oxygen atoms in total. The van der Waals surface area contributed by atoms with Crippen LogP contribution in [-0.2, 0) is 6.42 Å². The quantitative estimate of drug-likeness (QED) is 0.720. The summed E-state index contributed by atoms with van der Waals surface area (Å²) in [4.78, 5) is 0. The van der Waals surface area contributed by atoms with E-state index in [4.69, 9.17) is 4.74 Å². The molecule has 0 amide bonds. The van der Waals surface area contributed by atoms with Gasteiger partial charge in [0.2, 0.25) is 0 Å². The molecule has 0 aliphatic heterocycles. The van der Waals surface area contributed by atoms with E-state index in [9.17, 15) is 5.11 Å². The summed E-state index contributed by atoms with van der Waals surface area (Å²) in [6, 6.07) is 5.87. The minimum atomic E-state index is -0.727. The molecule has 1 rings (SSSR count). The summed E-state index contributed by atoms with van der Waals surface area (Å²) < 4.78 is 6.34. The summed E-state index contributed by atoms with van der Waals surface area (Å²) >= 11 is 3.46. The van der Waals surface area contributed by atoms with Crippen molar-refractivity contribution in [1.82, 2.24) is 5.32 Å². The van der Waals surface area contributed by atoms with Crippen molar-refractivity contribution in [3.8, 4) is 5.75 Å². The Balaban J connectivity index is 2.63. The molecule has 1 aromatic rings. The molecule has 0 radical (unpaired) electrons. The molecule has 0 aliphatic carbocycles. The first kappa shape index (κ1) is 16.5. The number of aliphatic hydroxyl groups is 1. The molecule has 0 bridgehead atoms. The third-order valence-electron chi connectivity index (χ3n) is 3.08. The molecule has 4 heteroatoms. The van der Waals surface area contributed by atoms with Crippen LogP contribution in [0.3, 0.4) is 0 Å². The second-order valence-electron chi connectivity index (χ2n) is 5.13. The van der Waals surface area contributed by atoms with E-state index in [-0.39, 0.29) is 0 Å². The number of nitrogens with one attached hydrogen (secondary N) is 1. The lowest BCUT2D eigenvalue weighted by Crippen LogP contribution is -2.32. The Morgan fingerprint density at radius 3 is 2.74 bits per heavy atom. The fraction of sp³-hybridized carbons (Fsp3) is 0.600. The van der Waals surface area contributed by atoms with E-state index in [0.717, 1.165) is 41.7 Å². The van der Waals surface area contributed by atoms with Gasteiger partial charge in [-0.1, -0.05) is 22.9 Å². The molecule has 1 unspecified atom stereocenters. The Hall–Kier alpha value is -0.580. The fourth-order valence-corrected chi connectivity index (χ4v) is 2.45. The number of benzene rings is 1. The molecule has 108 valence electrons. The van der Waals surface area contributed by atoms with E-state index < -0.39 is 5.60 Å². The van der Waals surface area contributed by atoms with E-state index in [0.29, 0.717) is 6.42 Å². The van der Waals surface area contributed by atoms with Gasteiger partial charge in [0.05, 0.1) is 12.7 Å². The van der Waals surface area contributed by atoms with E-state index >= 15 is 0 Å². The monoisotopic (exact) mass is 329 g/mol. The van der Waals surface area contributed by atoms with Crippen molar-refractivity contribution >= 4 is 15.9 Å². The van der Waals surface area contributed by atoms with Gasteiger partial charge < -0.3 is 15.2 Å². The van der Waals surface area contributed by atoms with Crippen molar-refractivity contribution in [3.05, 3.63) is 28.2 Å². The van der Waals surface area contributed by atoms with Crippen LogP contribution in [0.2, 0.25) is 0 Å². The standard InChI is InChI=1S/C15H24BrNO2/c1-4-8-17-9-7-15(2,18)11-12-10-13(16)5-6-14(12)19-3/h5-6,10,17-18H,4,7-9,11H2,1-3H3. The van der Waals surface area contributed by atoms with Crippen LogP contribution in [0.1, 0.15) is 32.3 Å². The average Bonchev–Trinajstić information content (AvgIpc) is 2.34. The van der Waals surface area contributed by atoms with Crippen LogP contribution in [0.25, 0.3) is 0 Å².